The first-order chi connectivity index (χ1) is 29.8. The third-order valence-corrected chi connectivity index (χ3v) is 13.1. The number of rotatable bonds is 13. The molecule has 0 saturated heterocycles. The first-order valence-electron chi connectivity index (χ1n) is 20.8. The van der Waals surface area contributed by atoms with E-state index in [-0.39, 0.29) is 0 Å². The number of benzene rings is 8. The normalized spacial score (nSPS) is 12.2. The molecule has 0 aliphatic heterocycles. The largest absolute Gasteiger partial charge is 0.530 e. The SMILES string of the molecule is Cc1ccc(OP(Oc2c(C)cc(C)cc2-c2cc(C)cc(C)c2OP(Oc2cc(C)ccc2C)Oc2ccc(C)c3ccccc23)Oc2ccc(C)c3ccccc23)c(C)c1. The van der Waals surface area contributed by atoms with E-state index in [9.17, 15) is 0 Å². The minimum Gasteiger partial charge on any atom is -0.408 e. The van der Waals surface area contributed by atoms with E-state index < -0.39 is 17.2 Å². The Balaban J connectivity index is 1.24. The average Bonchev–Trinajstić information content (AvgIpc) is 3.24. The summed E-state index contributed by atoms with van der Waals surface area (Å²) in [6, 6.07) is 45.4. The summed E-state index contributed by atoms with van der Waals surface area (Å²) in [4.78, 5) is 0. The van der Waals surface area contributed by atoms with Gasteiger partial charge < -0.3 is 27.1 Å². The number of hydrogen-bond donors (Lipinski definition) is 0. The lowest BCUT2D eigenvalue weighted by Crippen LogP contribution is -2.07. The molecule has 0 N–H and O–H groups in total. The van der Waals surface area contributed by atoms with Crippen molar-refractivity contribution in [3.05, 3.63) is 189 Å². The van der Waals surface area contributed by atoms with Crippen LogP contribution in [0.1, 0.15) is 55.6 Å². The summed E-state index contributed by atoms with van der Waals surface area (Å²) in [6.07, 6.45) is 0. The van der Waals surface area contributed by atoms with Crippen molar-refractivity contribution in [1.29, 1.82) is 0 Å². The highest BCUT2D eigenvalue weighted by molar-refractivity contribution is 7.43. The Morgan fingerprint density at radius 1 is 0.274 bits per heavy atom. The van der Waals surface area contributed by atoms with Gasteiger partial charge in [-0.2, -0.15) is 0 Å². The van der Waals surface area contributed by atoms with Gasteiger partial charge in [-0.3, -0.25) is 0 Å². The van der Waals surface area contributed by atoms with Gasteiger partial charge in [0.25, 0.3) is 0 Å². The topological polar surface area (TPSA) is 55.4 Å². The number of hydrogen-bond acceptors (Lipinski definition) is 6. The fraction of sp³-hybridized carbons (Fsp3) is 0.185. The zero-order valence-electron chi connectivity index (χ0n) is 37.0. The van der Waals surface area contributed by atoms with Gasteiger partial charge in [-0.25, -0.2) is 0 Å². The average molecular weight is 859 g/mol. The molecule has 62 heavy (non-hydrogen) atoms. The zero-order valence-corrected chi connectivity index (χ0v) is 38.8. The van der Waals surface area contributed by atoms with Gasteiger partial charge in [0.15, 0.2) is 0 Å². The first kappa shape index (κ1) is 42.6. The summed E-state index contributed by atoms with van der Waals surface area (Å²) in [5.41, 5.74) is 12.2. The van der Waals surface area contributed by atoms with E-state index >= 15 is 0 Å². The van der Waals surface area contributed by atoms with Crippen molar-refractivity contribution in [2.75, 3.05) is 0 Å². The van der Waals surface area contributed by atoms with Crippen molar-refractivity contribution in [2.24, 2.45) is 0 Å². The maximum absolute atomic E-state index is 7.09. The van der Waals surface area contributed by atoms with Crippen LogP contribution in [0.2, 0.25) is 0 Å². The van der Waals surface area contributed by atoms with Crippen LogP contribution in [0.5, 0.6) is 34.5 Å². The molecule has 0 heterocycles. The summed E-state index contributed by atoms with van der Waals surface area (Å²) >= 11 is 0. The Morgan fingerprint density at radius 2 is 0.661 bits per heavy atom. The van der Waals surface area contributed by atoms with E-state index in [2.05, 4.69) is 134 Å². The second kappa shape index (κ2) is 18.1. The molecule has 6 nitrogen and oxygen atoms in total. The van der Waals surface area contributed by atoms with Crippen molar-refractivity contribution >= 4 is 38.7 Å². The fourth-order valence-electron chi connectivity index (χ4n) is 7.84. The van der Waals surface area contributed by atoms with Crippen molar-refractivity contribution < 1.29 is 27.1 Å². The molecule has 8 heteroatoms. The predicted molar refractivity (Wildman–Crippen MR) is 258 cm³/mol. The Hall–Kier alpha value is -6.06. The third kappa shape index (κ3) is 9.24. The number of fused-ring (bicyclic) bond motifs is 2. The Bertz CT molecular complexity index is 2960. The van der Waals surface area contributed by atoms with Crippen LogP contribution in [0.4, 0.5) is 0 Å². The molecule has 8 rings (SSSR count). The van der Waals surface area contributed by atoms with E-state index in [0.717, 1.165) is 88.3 Å². The summed E-state index contributed by atoms with van der Waals surface area (Å²) in [5.74, 6) is 4.00. The molecule has 0 radical (unpaired) electrons. The Labute approximate surface area is 368 Å². The van der Waals surface area contributed by atoms with Crippen LogP contribution < -0.4 is 27.1 Å². The molecule has 8 aromatic carbocycles. The van der Waals surface area contributed by atoms with E-state index in [1.165, 1.54) is 0 Å². The summed E-state index contributed by atoms with van der Waals surface area (Å²) in [7, 11) is -4.11. The minimum atomic E-state index is -2.05. The standard InChI is InChI=1S/C54H52O6P2/c1-33-20-24-49(40(8)27-33)55-61(56-50-25-22-37(5)43-15-11-13-17-45(43)50)59-53-41(9)28-35(3)30-47(53)48-31-36(4)29-42(10)54(48)60-62(58-52-32-34(2)19-21-39(52)7)57-51-26-23-38(6)44-16-12-14-18-46(44)51/h11-32H,1-10H3. The van der Waals surface area contributed by atoms with E-state index in [1.807, 2.05) is 68.4 Å². The maximum atomic E-state index is 7.09. The van der Waals surface area contributed by atoms with E-state index in [4.69, 9.17) is 27.1 Å². The second-order valence-corrected chi connectivity index (χ2v) is 18.3. The molecular weight excluding hydrogens is 807 g/mol. The summed E-state index contributed by atoms with van der Waals surface area (Å²) < 4.78 is 41.4. The van der Waals surface area contributed by atoms with Crippen molar-refractivity contribution in [3.8, 4) is 45.6 Å². The minimum absolute atomic E-state index is 0.628. The quantitative estimate of drug-likeness (QED) is 0.108. The van der Waals surface area contributed by atoms with Crippen molar-refractivity contribution in [1.82, 2.24) is 0 Å². The highest BCUT2D eigenvalue weighted by Gasteiger charge is 2.30. The van der Waals surface area contributed by atoms with Crippen LogP contribution in [0.15, 0.2) is 133 Å². The smallest absolute Gasteiger partial charge is 0.408 e. The van der Waals surface area contributed by atoms with E-state index in [0.29, 0.717) is 34.5 Å². The molecule has 314 valence electrons. The molecule has 0 amide bonds. The molecule has 0 aliphatic carbocycles. The molecule has 0 spiro atoms. The molecule has 0 saturated carbocycles. The molecule has 2 unspecified atom stereocenters. The van der Waals surface area contributed by atoms with Gasteiger partial charge in [0.05, 0.1) is 0 Å². The summed E-state index contributed by atoms with van der Waals surface area (Å²) in [5, 5.41) is 4.18. The van der Waals surface area contributed by atoms with Crippen LogP contribution in [0.3, 0.4) is 0 Å². The Kier molecular flexibility index (Phi) is 12.5. The van der Waals surface area contributed by atoms with Gasteiger partial charge in [-0.15, -0.1) is 0 Å². The van der Waals surface area contributed by atoms with Gasteiger partial charge in [-0.1, -0.05) is 103 Å². The van der Waals surface area contributed by atoms with Crippen LogP contribution in [0, 0.1) is 69.2 Å². The lowest BCUT2D eigenvalue weighted by Gasteiger charge is -2.25. The molecule has 0 fully saturated rings. The van der Waals surface area contributed by atoms with E-state index in [1.54, 1.807) is 0 Å². The van der Waals surface area contributed by atoms with Gasteiger partial charge in [-0.05, 0) is 166 Å². The number of aryl methyl sites for hydroxylation is 10. The summed E-state index contributed by atoms with van der Waals surface area (Å²) in [6.45, 7) is 20.7. The molecular formula is C54H52O6P2. The van der Waals surface area contributed by atoms with Gasteiger partial charge in [0.1, 0.15) is 34.5 Å². The van der Waals surface area contributed by atoms with Crippen molar-refractivity contribution in [2.45, 2.75) is 69.2 Å². The second-order valence-electron chi connectivity index (χ2n) is 16.3. The lowest BCUT2D eigenvalue weighted by molar-refractivity contribution is 0.385. The maximum Gasteiger partial charge on any atom is 0.530 e. The highest BCUT2D eigenvalue weighted by atomic mass is 31.2. The molecule has 0 aromatic heterocycles. The van der Waals surface area contributed by atoms with Crippen LogP contribution in [-0.4, -0.2) is 0 Å². The van der Waals surface area contributed by atoms with Gasteiger partial charge >= 0.3 is 17.2 Å². The predicted octanol–water partition coefficient (Wildman–Crippen LogP) is 16.3. The van der Waals surface area contributed by atoms with Crippen molar-refractivity contribution in [3.63, 3.8) is 0 Å². The van der Waals surface area contributed by atoms with Gasteiger partial charge in [0.2, 0.25) is 0 Å². The molecule has 0 aliphatic rings. The highest BCUT2D eigenvalue weighted by Crippen LogP contribution is 2.53. The first-order valence-corrected chi connectivity index (χ1v) is 23.0. The Morgan fingerprint density at radius 3 is 1.16 bits per heavy atom. The van der Waals surface area contributed by atoms with Crippen LogP contribution in [-0.2, 0) is 0 Å². The molecule has 8 aromatic rings. The van der Waals surface area contributed by atoms with Crippen LogP contribution in [0.25, 0.3) is 32.7 Å². The lowest BCUT2D eigenvalue weighted by atomic mass is 9.95. The monoisotopic (exact) mass is 858 g/mol. The fourth-order valence-corrected chi connectivity index (χ4v) is 10.2. The van der Waals surface area contributed by atoms with Crippen LogP contribution >= 0.6 is 17.2 Å². The molecule has 0 bridgehead atoms. The van der Waals surface area contributed by atoms with Gasteiger partial charge in [0, 0.05) is 21.9 Å². The molecule has 2 atom stereocenters. The third-order valence-electron chi connectivity index (χ3n) is 11.0. The zero-order chi connectivity index (χ0) is 43.7.